The topological polar surface area (TPSA) is 75.6 Å². The number of carbonyl (C=O) groups excluding carboxylic acids is 2. The number of esters is 1. The maximum atomic E-state index is 12.6. The van der Waals surface area contributed by atoms with Crippen LogP contribution in [-0.4, -0.2) is 43.2 Å². The summed E-state index contributed by atoms with van der Waals surface area (Å²) >= 11 is 0. The third-order valence-electron chi connectivity index (χ3n) is 3.29. The molecule has 0 aliphatic heterocycles. The molecule has 0 radical (unpaired) electrons. The van der Waals surface area contributed by atoms with Gasteiger partial charge >= 0.3 is 5.97 Å². The number of hydrogen-bond acceptors (Lipinski definition) is 5. The second-order valence-electron chi connectivity index (χ2n) is 5.05. The van der Waals surface area contributed by atoms with E-state index in [0.717, 1.165) is 11.1 Å². The van der Waals surface area contributed by atoms with E-state index in [1.807, 2.05) is 26.0 Å². The Labute approximate surface area is 125 Å². The van der Waals surface area contributed by atoms with Crippen LogP contribution in [0.1, 0.15) is 34.3 Å². The van der Waals surface area contributed by atoms with Crippen LogP contribution in [0.5, 0.6) is 0 Å². The van der Waals surface area contributed by atoms with E-state index in [1.54, 1.807) is 6.07 Å². The summed E-state index contributed by atoms with van der Waals surface area (Å²) < 4.78 is 4.64. The van der Waals surface area contributed by atoms with Crippen molar-refractivity contribution in [3.63, 3.8) is 0 Å². The Morgan fingerprint density at radius 3 is 2.62 bits per heavy atom. The van der Waals surface area contributed by atoms with Gasteiger partial charge in [-0.15, -0.1) is 0 Å². The Hall–Kier alpha value is -1.72. The summed E-state index contributed by atoms with van der Waals surface area (Å²) in [5.41, 5.74) is 2.58. The highest BCUT2D eigenvalue weighted by Crippen LogP contribution is 2.14. The third kappa shape index (κ3) is 5.28. The van der Waals surface area contributed by atoms with Gasteiger partial charge in [0.15, 0.2) is 5.78 Å². The summed E-state index contributed by atoms with van der Waals surface area (Å²) in [7, 11) is 1.30. The van der Waals surface area contributed by atoms with Gasteiger partial charge < -0.3 is 15.2 Å². The average Bonchev–Trinajstić information content (AvgIpc) is 2.45. The van der Waals surface area contributed by atoms with Crippen LogP contribution in [0.15, 0.2) is 18.2 Å². The Morgan fingerprint density at radius 2 is 2.05 bits per heavy atom. The van der Waals surface area contributed by atoms with Crippen LogP contribution in [0.3, 0.4) is 0 Å². The summed E-state index contributed by atoms with van der Waals surface area (Å²) in [5.74, 6) is -0.564. The summed E-state index contributed by atoms with van der Waals surface area (Å²) in [4.78, 5) is 24.1. The first-order valence-electron chi connectivity index (χ1n) is 7.02. The Balaban J connectivity index is 2.89. The van der Waals surface area contributed by atoms with E-state index in [-0.39, 0.29) is 18.8 Å². The van der Waals surface area contributed by atoms with Crippen LogP contribution in [0.25, 0.3) is 0 Å². The minimum Gasteiger partial charge on any atom is -0.469 e. The molecule has 0 saturated carbocycles. The molecule has 2 N–H and O–H groups in total. The zero-order valence-corrected chi connectivity index (χ0v) is 12.8. The van der Waals surface area contributed by atoms with Crippen molar-refractivity contribution >= 4 is 11.8 Å². The van der Waals surface area contributed by atoms with E-state index >= 15 is 0 Å². The molecule has 0 fully saturated rings. The molecule has 21 heavy (non-hydrogen) atoms. The van der Waals surface area contributed by atoms with Gasteiger partial charge in [0.1, 0.15) is 0 Å². The van der Waals surface area contributed by atoms with Crippen molar-refractivity contribution in [2.75, 3.05) is 20.3 Å². The van der Waals surface area contributed by atoms with Crippen LogP contribution in [0, 0.1) is 13.8 Å². The van der Waals surface area contributed by atoms with Crippen LogP contribution in [-0.2, 0) is 9.53 Å². The predicted octanol–water partition coefficient (Wildman–Crippen LogP) is 1.39. The molecule has 0 amide bonds. The molecule has 5 nitrogen and oxygen atoms in total. The van der Waals surface area contributed by atoms with Crippen LogP contribution in [0.4, 0.5) is 0 Å². The van der Waals surface area contributed by atoms with Gasteiger partial charge in [0.05, 0.1) is 19.6 Å². The van der Waals surface area contributed by atoms with E-state index in [0.29, 0.717) is 18.5 Å². The number of aliphatic hydroxyl groups is 1. The first kappa shape index (κ1) is 17.3. The van der Waals surface area contributed by atoms with E-state index in [9.17, 15) is 9.59 Å². The number of carbonyl (C=O) groups is 2. The Kier molecular flexibility index (Phi) is 7.05. The fraction of sp³-hybridized carbons (Fsp3) is 0.500. The average molecular weight is 293 g/mol. The van der Waals surface area contributed by atoms with Crippen molar-refractivity contribution in [3.8, 4) is 0 Å². The second-order valence-corrected chi connectivity index (χ2v) is 5.05. The minimum atomic E-state index is -0.634. The molecule has 0 heterocycles. The van der Waals surface area contributed by atoms with Crippen molar-refractivity contribution in [1.29, 1.82) is 0 Å². The summed E-state index contributed by atoms with van der Waals surface area (Å²) in [6.07, 6.45) is 0.506. The maximum absolute atomic E-state index is 12.6. The summed E-state index contributed by atoms with van der Waals surface area (Å²) in [6.45, 7) is 4.35. The number of aryl methyl sites for hydroxylation is 2. The van der Waals surface area contributed by atoms with E-state index in [4.69, 9.17) is 5.11 Å². The van der Waals surface area contributed by atoms with Crippen molar-refractivity contribution in [3.05, 3.63) is 34.9 Å². The number of ketones is 1. The SMILES string of the molecule is COC(=O)CC(NCCCO)C(=O)c1ccc(C)cc1C. The number of rotatable bonds is 8. The van der Waals surface area contributed by atoms with Crippen LogP contribution < -0.4 is 5.32 Å². The molecule has 1 rings (SSSR count). The molecule has 0 spiro atoms. The molecule has 116 valence electrons. The van der Waals surface area contributed by atoms with Crippen molar-refractivity contribution < 1.29 is 19.4 Å². The lowest BCUT2D eigenvalue weighted by Gasteiger charge is -2.17. The number of nitrogens with one attached hydrogen (secondary N) is 1. The largest absolute Gasteiger partial charge is 0.469 e. The lowest BCUT2D eigenvalue weighted by molar-refractivity contribution is -0.140. The summed E-state index contributed by atoms with van der Waals surface area (Å²) in [6, 6.07) is 4.97. The molecule has 1 aromatic rings. The number of benzene rings is 1. The molecule has 0 aliphatic carbocycles. The number of methoxy groups -OCH3 is 1. The molecule has 1 unspecified atom stereocenters. The second kappa shape index (κ2) is 8.54. The first-order valence-corrected chi connectivity index (χ1v) is 7.02. The predicted molar refractivity (Wildman–Crippen MR) is 80.4 cm³/mol. The smallest absolute Gasteiger partial charge is 0.307 e. The molecule has 0 bridgehead atoms. The quantitative estimate of drug-likeness (QED) is 0.430. The molecule has 0 saturated heterocycles. The fourth-order valence-electron chi connectivity index (χ4n) is 2.14. The zero-order valence-electron chi connectivity index (χ0n) is 12.8. The lowest BCUT2D eigenvalue weighted by atomic mass is 9.96. The number of ether oxygens (including phenoxy) is 1. The maximum Gasteiger partial charge on any atom is 0.307 e. The van der Waals surface area contributed by atoms with Gasteiger partial charge in [-0.05, 0) is 32.4 Å². The van der Waals surface area contributed by atoms with Crippen molar-refractivity contribution in [1.82, 2.24) is 5.32 Å². The van der Waals surface area contributed by atoms with Gasteiger partial charge in [-0.25, -0.2) is 0 Å². The van der Waals surface area contributed by atoms with E-state index < -0.39 is 12.0 Å². The van der Waals surface area contributed by atoms with Gasteiger partial charge in [0.25, 0.3) is 0 Å². The zero-order chi connectivity index (χ0) is 15.8. The molecule has 5 heteroatoms. The Morgan fingerprint density at radius 1 is 1.33 bits per heavy atom. The van der Waals surface area contributed by atoms with Gasteiger partial charge in [0.2, 0.25) is 0 Å². The van der Waals surface area contributed by atoms with Gasteiger partial charge in [0, 0.05) is 12.2 Å². The normalized spacial score (nSPS) is 12.0. The van der Waals surface area contributed by atoms with E-state index in [1.165, 1.54) is 7.11 Å². The fourth-order valence-corrected chi connectivity index (χ4v) is 2.14. The molecule has 1 atom stereocenters. The van der Waals surface area contributed by atoms with Gasteiger partial charge in [-0.1, -0.05) is 23.8 Å². The van der Waals surface area contributed by atoms with E-state index in [2.05, 4.69) is 10.1 Å². The highest BCUT2D eigenvalue weighted by Gasteiger charge is 2.24. The van der Waals surface area contributed by atoms with Crippen LogP contribution >= 0.6 is 0 Å². The van der Waals surface area contributed by atoms with Crippen molar-refractivity contribution in [2.45, 2.75) is 32.7 Å². The number of aliphatic hydroxyl groups excluding tert-OH is 1. The minimum absolute atomic E-state index is 0.0198. The monoisotopic (exact) mass is 293 g/mol. The van der Waals surface area contributed by atoms with Crippen molar-refractivity contribution in [2.24, 2.45) is 0 Å². The third-order valence-corrected chi connectivity index (χ3v) is 3.29. The molecule has 1 aromatic carbocycles. The molecule has 0 aromatic heterocycles. The highest BCUT2D eigenvalue weighted by atomic mass is 16.5. The Bertz CT molecular complexity index is 499. The van der Waals surface area contributed by atoms with Gasteiger partial charge in [-0.3, -0.25) is 9.59 Å². The number of Topliss-reactive ketones (excluding diaryl/α,β-unsaturated/α-hetero) is 1. The standard InChI is InChI=1S/C16H23NO4/c1-11-5-6-13(12(2)9-11)16(20)14(10-15(19)21-3)17-7-4-8-18/h5-6,9,14,17-18H,4,7-8,10H2,1-3H3. The lowest BCUT2D eigenvalue weighted by Crippen LogP contribution is -2.40. The number of hydrogen-bond donors (Lipinski definition) is 2. The highest BCUT2D eigenvalue weighted by molar-refractivity contribution is 6.02. The van der Waals surface area contributed by atoms with Gasteiger partial charge in [-0.2, -0.15) is 0 Å². The van der Waals surface area contributed by atoms with Crippen LogP contribution in [0.2, 0.25) is 0 Å². The first-order chi connectivity index (χ1) is 9.99. The summed E-state index contributed by atoms with van der Waals surface area (Å²) in [5, 5.41) is 11.8. The molecular formula is C16H23NO4. The molecule has 0 aliphatic rings. The molecular weight excluding hydrogens is 270 g/mol.